The van der Waals surface area contributed by atoms with Crippen molar-refractivity contribution in [2.75, 3.05) is 7.11 Å². The van der Waals surface area contributed by atoms with Crippen LogP contribution < -0.4 is 9.46 Å². The van der Waals surface area contributed by atoms with Gasteiger partial charge in [-0.25, -0.2) is 0 Å². The van der Waals surface area contributed by atoms with Crippen molar-refractivity contribution in [1.29, 1.82) is 0 Å². The highest BCUT2D eigenvalue weighted by molar-refractivity contribution is 8.01. The van der Waals surface area contributed by atoms with Gasteiger partial charge in [0.05, 0.1) is 13.2 Å². The molecule has 0 aromatic heterocycles. The van der Waals surface area contributed by atoms with E-state index in [0.717, 1.165) is 29.7 Å². The summed E-state index contributed by atoms with van der Waals surface area (Å²) in [5.41, 5.74) is 4.72. The molecule has 1 aliphatic heterocycles. The fraction of sp³-hybridized carbons (Fsp3) is 0.120. The van der Waals surface area contributed by atoms with Crippen molar-refractivity contribution < 1.29 is 4.74 Å². The Morgan fingerprint density at radius 2 is 1.89 bits per heavy atom. The lowest BCUT2D eigenvalue weighted by Crippen LogP contribution is -2.27. The molecule has 1 N–H and O–H groups in total. The first-order valence-electron chi connectivity index (χ1n) is 9.26. The van der Waals surface area contributed by atoms with Crippen LogP contribution in [0.1, 0.15) is 11.1 Å². The Balaban J connectivity index is 1.48. The molecule has 1 unspecified atom stereocenters. The molecule has 0 saturated heterocycles. The summed E-state index contributed by atoms with van der Waals surface area (Å²) in [6, 6.07) is 18.7. The fourth-order valence-corrected chi connectivity index (χ4v) is 4.04. The quantitative estimate of drug-likeness (QED) is 0.570. The van der Waals surface area contributed by atoms with Crippen molar-refractivity contribution in [3.63, 3.8) is 0 Å². The molecule has 0 spiro atoms. The Morgan fingerprint density at radius 1 is 1.07 bits per heavy atom. The summed E-state index contributed by atoms with van der Waals surface area (Å²) in [5, 5.41) is 0. The lowest BCUT2D eigenvalue weighted by atomic mass is 9.97. The van der Waals surface area contributed by atoms with E-state index in [1.807, 2.05) is 18.2 Å². The number of hydrogen-bond acceptors (Lipinski definition) is 2. The van der Waals surface area contributed by atoms with Gasteiger partial charge in [0.25, 0.3) is 0 Å². The van der Waals surface area contributed by atoms with Crippen LogP contribution in [0.25, 0.3) is 6.08 Å². The van der Waals surface area contributed by atoms with Gasteiger partial charge in [0, 0.05) is 16.9 Å². The molecule has 0 fully saturated rings. The lowest BCUT2D eigenvalue weighted by molar-refractivity contribution is 0.414. The van der Waals surface area contributed by atoms with E-state index in [-0.39, 0.29) is 6.04 Å². The molecule has 0 bridgehead atoms. The number of thiol groups is 1. The van der Waals surface area contributed by atoms with Gasteiger partial charge in [-0.15, -0.1) is 11.9 Å². The average Bonchev–Trinajstić information content (AvgIpc) is 2.75. The first-order chi connectivity index (χ1) is 13.8. The molecule has 2 aromatic carbocycles. The predicted molar refractivity (Wildman–Crippen MR) is 120 cm³/mol. The molecule has 0 amide bonds. The first kappa shape index (κ1) is 18.4. The van der Waals surface area contributed by atoms with Gasteiger partial charge in [-0.05, 0) is 53.1 Å². The molecule has 139 valence electrons. The van der Waals surface area contributed by atoms with E-state index in [1.165, 1.54) is 21.6 Å². The van der Waals surface area contributed by atoms with Crippen molar-refractivity contribution in [3.8, 4) is 17.6 Å². The summed E-state index contributed by atoms with van der Waals surface area (Å²) in [6.45, 7) is 0. The number of allylic oxidation sites excluding steroid dienone is 3. The van der Waals surface area contributed by atoms with Crippen LogP contribution in [0.5, 0.6) is 5.75 Å². The number of ether oxygens (including phenoxy) is 1. The van der Waals surface area contributed by atoms with Crippen LogP contribution in [0, 0.1) is 11.8 Å². The summed E-state index contributed by atoms with van der Waals surface area (Å²) in [7, 11) is 1.68. The minimum absolute atomic E-state index is 0.265. The van der Waals surface area contributed by atoms with Crippen LogP contribution in [-0.2, 0) is 6.42 Å². The third-order valence-electron chi connectivity index (χ3n) is 4.60. The van der Waals surface area contributed by atoms with E-state index in [0.29, 0.717) is 0 Å². The first-order valence-corrected chi connectivity index (χ1v) is 10.2. The average molecular weight is 385 g/mol. The molecule has 2 aliphatic rings. The minimum atomic E-state index is 0.265. The van der Waals surface area contributed by atoms with Crippen LogP contribution in [0.15, 0.2) is 95.0 Å². The van der Waals surface area contributed by atoms with Gasteiger partial charge in [0.1, 0.15) is 5.75 Å². The zero-order valence-corrected chi connectivity index (χ0v) is 16.6. The van der Waals surface area contributed by atoms with Gasteiger partial charge >= 0.3 is 0 Å². The summed E-state index contributed by atoms with van der Waals surface area (Å²) in [4.78, 5) is 1.26. The lowest BCUT2D eigenvalue weighted by Gasteiger charge is -2.25. The number of methoxy groups -OCH3 is 1. The maximum Gasteiger partial charge on any atom is 0.118 e. The van der Waals surface area contributed by atoms with Crippen LogP contribution in [0.4, 0.5) is 0 Å². The van der Waals surface area contributed by atoms with Crippen LogP contribution in [-0.4, -0.2) is 13.2 Å². The van der Waals surface area contributed by atoms with E-state index in [2.05, 4.69) is 83.3 Å². The molecular formula is C25H22NOS. The predicted octanol–water partition coefficient (Wildman–Crippen LogP) is 5.06. The van der Waals surface area contributed by atoms with Gasteiger partial charge in [-0.1, -0.05) is 60.4 Å². The second-order valence-electron chi connectivity index (χ2n) is 6.63. The second kappa shape index (κ2) is 8.84. The largest absolute Gasteiger partial charge is 0.497 e. The SMILES string of the molecule is COc1ccc(CC#CC2=CC3=C/C(=C/c4ccccc4)[SH]NC3C=C2)cc1. The van der Waals surface area contributed by atoms with Crippen molar-refractivity contribution in [2.24, 2.45) is 0 Å². The fourth-order valence-electron chi connectivity index (χ4n) is 3.09. The van der Waals surface area contributed by atoms with Crippen LogP contribution in [0.3, 0.4) is 0 Å². The third kappa shape index (κ3) is 4.67. The van der Waals surface area contributed by atoms with Crippen LogP contribution >= 0.6 is 11.9 Å². The maximum absolute atomic E-state index is 5.19. The topological polar surface area (TPSA) is 21.3 Å². The number of benzene rings is 2. The van der Waals surface area contributed by atoms with E-state index < -0.39 is 0 Å². The summed E-state index contributed by atoms with van der Waals surface area (Å²) in [6.07, 6.45) is 11.7. The van der Waals surface area contributed by atoms with E-state index >= 15 is 0 Å². The Morgan fingerprint density at radius 3 is 2.68 bits per heavy atom. The minimum Gasteiger partial charge on any atom is -0.497 e. The molecule has 1 atom stereocenters. The van der Waals surface area contributed by atoms with E-state index in [4.69, 9.17) is 4.74 Å². The standard InChI is InChI=1S/C25H22NOS/c1-27-23-13-10-19(11-14-23)8-5-9-21-12-15-25-22(16-21)18-24(28-26-25)17-20-6-3-2-4-7-20/h2-4,6-7,10-18,25-26,28H,8H2,1H3/b24-17-. The van der Waals surface area contributed by atoms with Crippen molar-refractivity contribution in [1.82, 2.24) is 4.72 Å². The van der Waals surface area contributed by atoms with Crippen molar-refractivity contribution in [3.05, 3.63) is 106 Å². The van der Waals surface area contributed by atoms with E-state index in [9.17, 15) is 0 Å². The molecule has 4 rings (SSSR count). The van der Waals surface area contributed by atoms with Crippen molar-refractivity contribution >= 4 is 18.0 Å². The van der Waals surface area contributed by atoms with Gasteiger partial charge in [0.15, 0.2) is 0 Å². The number of hydrogen-bond donors (Lipinski definition) is 2. The van der Waals surface area contributed by atoms with Crippen LogP contribution in [0.2, 0.25) is 0 Å². The van der Waals surface area contributed by atoms with E-state index in [1.54, 1.807) is 7.11 Å². The Labute approximate surface area is 170 Å². The number of fused-ring (bicyclic) bond motifs is 1. The monoisotopic (exact) mass is 384 g/mol. The smallest absolute Gasteiger partial charge is 0.118 e. The molecule has 1 aliphatic carbocycles. The van der Waals surface area contributed by atoms with Gasteiger partial charge < -0.3 is 4.74 Å². The molecule has 0 saturated carbocycles. The molecule has 28 heavy (non-hydrogen) atoms. The summed E-state index contributed by atoms with van der Waals surface area (Å²) >= 11 is 1.14. The number of rotatable bonds is 3. The number of nitrogens with one attached hydrogen (secondary N) is 1. The zero-order chi connectivity index (χ0) is 19.2. The summed E-state index contributed by atoms with van der Waals surface area (Å²) < 4.78 is 8.74. The maximum atomic E-state index is 5.19. The van der Waals surface area contributed by atoms with Gasteiger partial charge in [0.2, 0.25) is 0 Å². The molecule has 3 heteroatoms. The van der Waals surface area contributed by atoms with Gasteiger partial charge in [-0.3, -0.25) is 4.72 Å². The Bertz CT molecular complexity index is 1020. The normalized spacial score (nSPS) is 19.2. The highest BCUT2D eigenvalue weighted by atomic mass is 32.2. The Hall–Kier alpha value is -2.93. The summed E-state index contributed by atoms with van der Waals surface area (Å²) in [5.74, 6) is 7.45. The zero-order valence-electron chi connectivity index (χ0n) is 15.7. The molecule has 2 aromatic rings. The van der Waals surface area contributed by atoms with Gasteiger partial charge in [-0.2, -0.15) is 0 Å². The highest BCUT2D eigenvalue weighted by Gasteiger charge is 2.18. The second-order valence-corrected chi connectivity index (χ2v) is 7.63. The molecular weight excluding hydrogens is 362 g/mol. The third-order valence-corrected chi connectivity index (χ3v) is 5.52. The Kier molecular flexibility index (Phi) is 5.82. The molecule has 2 nitrogen and oxygen atoms in total. The molecule has 1 radical (unpaired) electrons. The molecule has 1 heterocycles. The highest BCUT2D eigenvalue weighted by Crippen LogP contribution is 2.30. The van der Waals surface area contributed by atoms with Crippen molar-refractivity contribution in [2.45, 2.75) is 12.5 Å².